The molecule has 6 heteroatoms. The summed E-state index contributed by atoms with van der Waals surface area (Å²) >= 11 is 0. The van der Waals surface area contributed by atoms with Gasteiger partial charge in [0, 0.05) is 45.3 Å². The highest BCUT2D eigenvalue weighted by molar-refractivity contribution is 5.79. The molecule has 1 aliphatic rings. The van der Waals surface area contributed by atoms with Gasteiger partial charge < -0.3 is 25.2 Å². The maximum Gasteiger partial charge on any atom is 0.191 e. The summed E-state index contributed by atoms with van der Waals surface area (Å²) in [4.78, 5) is 9.31. The highest BCUT2D eigenvalue weighted by atomic mass is 16.5. The fourth-order valence-electron chi connectivity index (χ4n) is 3.57. The van der Waals surface area contributed by atoms with Gasteiger partial charge in [-0.2, -0.15) is 0 Å². The van der Waals surface area contributed by atoms with E-state index in [2.05, 4.69) is 57.6 Å². The van der Waals surface area contributed by atoms with Crippen molar-refractivity contribution in [3.8, 4) is 11.5 Å². The average molecular weight is 410 g/mol. The van der Waals surface area contributed by atoms with Gasteiger partial charge in [-0.15, -0.1) is 0 Å². The zero-order chi connectivity index (χ0) is 21.2. The van der Waals surface area contributed by atoms with Gasteiger partial charge in [0.1, 0.15) is 11.5 Å². The number of hydrogen-bond acceptors (Lipinski definition) is 4. The third-order valence-corrected chi connectivity index (χ3v) is 5.40. The monoisotopic (exact) mass is 409 g/mol. The second kappa shape index (κ2) is 11.6. The quantitative estimate of drug-likeness (QED) is 0.544. The number of rotatable bonds is 7. The summed E-state index contributed by atoms with van der Waals surface area (Å²) < 4.78 is 6.13. The van der Waals surface area contributed by atoms with Gasteiger partial charge in [0.2, 0.25) is 0 Å². The fraction of sp³-hybridized carbons (Fsp3) is 0.458. The SMILES string of the molecule is CN=C(NCCN1CCCN(C)CC1)NCc1ccc(C)cc1Oc1ccccc1. The van der Waals surface area contributed by atoms with Crippen LogP contribution in [0.4, 0.5) is 0 Å². The highest BCUT2D eigenvalue weighted by Gasteiger charge is 2.12. The van der Waals surface area contributed by atoms with Crippen molar-refractivity contribution in [1.82, 2.24) is 20.4 Å². The van der Waals surface area contributed by atoms with Crippen molar-refractivity contribution in [1.29, 1.82) is 0 Å². The van der Waals surface area contributed by atoms with Gasteiger partial charge in [-0.3, -0.25) is 4.99 Å². The summed E-state index contributed by atoms with van der Waals surface area (Å²) in [5.41, 5.74) is 2.28. The number of nitrogens with one attached hydrogen (secondary N) is 2. The van der Waals surface area contributed by atoms with Gasteiger partial charge in [0.25, 0.3) is 0 Å². The molecule has 1 heterocycles. The topological polar surface area (TPSA) is 52.1 Å². The first kappa shape index (κ1) is 22.1. The molecule has 0 atom stereocenters. The Morgan fingerprint density at radius 3 is 2.67 bits per heavy atom. The Balaban J connectivity index is 1.51. The molecule has 0 spiro atoms. The summed E-state index contributed by atoms with van der Waals surface area (Å²) in [6.45, 7) is 9.27. The maximum atomic E-state index is 6.13. The molecule has 30 heavy (non-hydrogen) atoms. The third-order valence-electron chi connectivity index (χ3n) is 5.40. The van der Waals surface area contributed by atoms with Crippen LogP contribution in [0.15, 0.2) is 53.5 Å². The average Bonchev–Trinajstić information content (AvgIpc) is 2.96. The lowest BCUT2D eigenvalue weighted by atomic mass is 10.1. The summed E-state index contributed by atoms with van der Waals surface area (Å²) in [6.07, 6.45) is 1.24. The van der Waals surface area contributed by atoms with Crippen molar-refractivity contribution in [2.24, 2.45) is 4.99 Å². The van der Waals surface area contributed by atoms with Crippen LogP contribution in [0.2, 0.25) is 0 Å². The molecule has 0 amide bonds. The summed E-state index contributed by atoms with van der Waals surface area (Å²) in [6, 6.07) is 16.2. The molecule has 2 aromatic rings. The van der Waals surface area contributed by atoms with Crippen LogP contribution in [0.25, 0.3) is 0 Å². The minimum absolute atomic E-state index is 0.649. The Hall–Kier alpha value is -2.57. The van der Waals surface area contributed by atoms with E-state index >= 15 is 0 Å². The van der Waals surface area contributed by atoms with Crippen LogP contribution in [-0.2, 0) is 6.54 Å². The molecule has 0 saturated carbocycles. The van der Waals surface area contributed by atoms with E-state index in [1.165, 1.54) is 25.1 Å². The summed E-state index contributed by atoms with van der Waals surface area (Å²) in [7, 11) is 4.01. The zero-order valence-corrected chi connectivity index (χ0v) is 18.5. The van der Waals surface area contributed by atoms with E-state index in [9.17, 15) is 0 Å². The lowest BCUT2D eigenvalue weighted by molar-refractivity contribution is 0.280. The van der Waals surface area contributed by atoms with E-state index in [4.69, 9.17) is 4.74 Å². The normalized spacial score (nSPS) is 16.2. The molecule has 162 valence electrons. The highest BCUT2D eigenvalue weighted by Crippen LogP contribution is 2.26. The Labute approximate surface area is 180 Å². The Kier molecular flexibility index (Phi) is 8.53. The van der Waals surface area contributed by atoms with Crippen molar-refractivity contribution < 1.29 is 4.74 Å². The van der Waals surface area contributed by atoms with Gasteiger partial charge in [-0.25, -0.2) is 0 Å². The minimum atomic E-state index is 0.649. The van der Waals surface area contributed by atoms with Gasteiger partial charge in [0.05, 0.1) is 0 Å². The molecule has 1 aliphatic heterocycles. The third kappa shape index (κ3) is 7.04. The van der Waals surface area contributed by atoms with Crippen molar-refractivity contribution in [3.05, 3.63) is 59.7 Å². The molecule has 6 nitrogen and oxygen atoms in total. The standard InChI is InChI=1S/C24H35N5O/c1-20-10-11-21(23(18-20)30-22-8-5-4-6-9-22)19-27-24(25-2)26-12-15-29-14-7-13-28(3)16-17-29/h4-6,8-11,18H,7,12-17,19H2,1-3H3,(H2,25,26,27). The van der Waals surface area contributed by atoms with Crippen molar-refractivity contribution in [2.75, 3.05) is 53.4 Å². The van der Waals surface area contributed by atoms with Gasteiger partial charge >= 0.3 is 0 Å². The minimum Gasteiger partial charge on any atom is -0.457 e. The van der Waals surface area contributed by atoms with Crippen molar-refractivity contribution >= 4 is 5.96 Å². The number of guanidine groups is 1. The van der Waals surface area contributed by atoms with Crippen LogP contribution in [-0.4, -0.2) is 69.1 Å². The maximum absolute atomic E-state index is 6.13. The number of para-hydroxylation sites is 1. The van der Waals surface area contributed by atoms with E-state index in [0.717, 1.165) is 49.2 Å². The van der Waals surface area contributed by atoms with Crippen molar-refractivity contribution in [3.63, 3.8) is 0 Å². The number of likely N-dealkylation sites (N-methyl/N-ethyl adjacent to an activating group) is 1. The summed E-state index contributed by atoms with van der Waals surface area (Å²) in [5, 5.41) is 6.86. The molecule has 0 bridgehead atoms. The van der Waals surface area contributed by atoms with Gasteiger partial charge in [0.15, 0.2) is 5.96 Å². The second-order valence-corrected chi connectivity index (χ2v) is 7.88. The number of aliphatic imine (C=N–C) groups is 1. The Morgan fingerprint density at radius 2 is 1.87 bits per heavy atom. The van der Waals surface area contributed by atoms with Crippen LogP contribution in [0.5, 0.6) is 11.5 Å². The van der Waals surface area contributed by atoms with E-state index in [1.54, 1.807) is 0 Å². The molecule has 1 fully saturated rings. The van der Waals surface area contributed by atoms with Crippen LogP contribution < -0.4 is 15.4 Å². The fourth-order valence-corrected chi connectivity index (χ4v) is 3.57. The van der Waals surface area contributed by atoms with Gasteiger partial charge in [-0.1, -0.05) is 30.3 Å². The van der Waals surface area contributed by atoms with Crippen LogP contribution >= 0.6 is 0 Å². The van der Waals surface area contributed by atoms with Crippen LogP contribution in [0, 0.1) is 6.92 Å². The lowest BCUT2D eigenvalue weighted by Gasteiger charge is -2.21. The lowest BCUT2D eigenvalue weighted by Crippen LogP contribution is -2.42. The van der Waals surface area contributed by atoms with E-state index in [0.29, 0.717) is 6.54 Å². The van der Waals surface area contributed by atoms with E-state index < -0.39 is 0 Å². The molecule has 2 N–H and O–H groups in total. The number of aryl methyl sites for hydroxylation is 1. The first-order valence-electron chi connectivity index (χ1n) is 10.8. The zero-order valence-electron chi connectivity index (χ0n) is 18.5. The smallest absolute Gasteiger partial charge is 0.191 e. The Bertz CT molecular complexity index is 808. The summed E-state index contributed by atoms with van der Waals surface area (Å²) in [5.74, 6) is 2.53. The number of nitrogens with zero attached hydrogens (tertiary/aromatic N) is 3. The molecule has 0 unspecified atom stereocenters. The van der Waals surface area contributed by atoms with E-state index in [1.807, 2.05) is 37.4 Å². The Morgan fingerprint density at radius 1 is 1.03 bits per heavy atom. The molecule has 0 aliphatic carbocycles. The predicted molar refractivity (Wildman–Crippen MR) is 124 cm³/mol. The largest absolute Gasteiger partial charge is 0.457 e. The number of benzene rings is 2. The predicted octanol–water partition coefficient (Wildman–Crippen LogP) is 3.09. The molecule has 0 aromatic heterocycles. The van der Waals surface area contributed by atoms with Crippen molar-refractivity contribution in [2.45, 2.75) is 19.9 Å². The molecule has 1 saturated heterocycles. The van der Waals surface area contributed by atoms with Crippen LogP contribution in [0.3, 0.4) is 0 Å². The molecule has 3 rings (SSSR count). The molecular formula is C24H35N5O. The second-order valence-electron chi connectivity index (χ2n) is 7.88. The number of ether oxygens (including phenoxy) is 1. The van der Waals surface area contributed by atoms with E-state index in [-0.39, 0.29) is 0 Å². The molecule has 2 aromatic carbocycles. The number of hydrogen-bond donors (Lipinski definition) is 2. The first-order chi connectivity index (χ1) is 14.6. The van der Waals surface area contributed by atoms with Crippen LogP contribution in [0.1, 0.15) is 17.5 Å². The first-order valence-corrected chi connectivity index (χ1v) is 10.8. The van der Waals surface area contributed by atoms with Gasteiger partial charge in [-0.05, 0) is 57.2 Å². The molecular weight excluding hydrogens is 374 g/mol. The molecule has 0 radical (unpaired) electrons.